The fourth-order valence-electron chi connectivity index (χ4n) is 11.2. The molecule has 0 amide bonds. The molecule has 0 saturated carbocycles. The topological polar surface area (TPSA) is 81.6 Å². The van der Waals surface area contributed by atoms with Crippen molar-refractivity contribution >= 4 is 7.32 Å². The van der Waals surface area contributed by atoms with Gasteiger partial charge in [0.05, 0.1) is 7.32 Å². The summed E-state index contributed by atoms with van der Waals surface area (Å²) >= 11 is 0. The molecule has 8 heteroatoms. The summed E-state index contributed by atoms with van der Waals surface area (Å²) < 4.78 is 8.61. The summed E-state index contributed by atoms with van der Waals surface area (Å²) in [6, 6.07) is 43.7. The summed E-state index contributed by atoms with van der Waals surface area (Å²) in [6.07, 6.45) is 53.2. The van der Waals surface area contributed by atoms with E-state index in [4.69, 9.17) is 14.3 Å². The third-order valence-electron chi connectivity index (χ3n) is 15.7. The lowest BCUT2D eigenvalue weighted by atomic mass is 9.67. The molecule has 2 aromatic heterocycles. The molecule has 0 spiro atoms. The van der Waals surface area contributed by atoms with Crippen molar-refractivity contribution in [3.05, 3.63) is 168 Å². The SMILES string of the molecule is CCCCCCCCCCCCCCCCCCc1cccc[n+]1OCC.CCCCCCCCCCCCCCCCCCc1cccc[n+]1OCC.[O-]B([O-])OCCCC(c1ccccc1)(c1ccccc1)c1ccccc1. The number of rotatable bonds is 46. The number of benzene rings is 3. The van der Waals surface area contributed by atoms with Gasteiger partial charge in [0, 0.05) is 58.6 Å². The minimum absolute atomic E-state index is 0.159. The zero-order chi connectivity index (χ0) is 57.1. The van der Waals surface area contributed by atoms with Crippen molar-refractivity contribution < 1.29 is 33.8 Å². The second-order valence-electron chi connectivity index (χ2n) is 22.2. The molecule has 5 rings (SSSR count). The first-order valence-electron chi connectivity index (χ1n) is 32.9. The lowest BCUT2D eigenvalue weighted by molar-refractivity contribution is -0.895. The summed E-state index contributed by atoms with van der Waals surface area (Å²) in [6.45, 7) is 10.3. The van der Waals surface area contributed by atoms with Crippen LogP contribution in [0.2, 0.25) is 0 Å². The number of aromatic nitrogens is 2. The highest BCUT2D eigenvalue weighted by molar-refractivity contribution is 6.28. The van der Waals surface area contributed by atoms with E-state index in [2.05, 4.69) is 74.5 Å². The molecule has 0 N–H and O–H groups in total. The highest BCUT2D eigenvalue weighted by Gasteiger charge is 2.35. The molecule has 7 nitrogen and oxygen atoms in total. The van der Waals surface area contributed by atoms with Crippen LogP contribution in [-0.2, 0) is 22.9 Å². The van der Waals surface area contributed by atoms with Gasteiger partial charge in [-0.05, 0) is 68.4 Å². The second-order valence-corrected chi connectivity index (χ2v) is 22.2. The standard InChI is InChI=1S/2C25H46NO.C22H21BO3/c2*1-3-5-6-7-8-9-10-11-12-13-14-15-16-17-18-19-22-25-23-20-21-24-26(25)27-4-2;24-23(25)26-18-10-17-22(19-11-4-1-5-12-19,20-13-6-2-7-14-20)21-15-8-3-9-16-21/h2*20-21,23-24H,3-19,22H2,1-2H3;1-9,11-16H,10,17-18H2/q2*+1;-2. The number of pyridine rings is 2. The van der Waals surface area contributed by atoms with E-state index in [0.717, 1.165) is 32.5 Å². The number of nitrogens with zero attached hydrogens (tertiary/aromatic N) is 2. The van der Waals surface area contributed by atoms with Gasteiger partial charge in [0.25, 0.3) is 0 Å². The van der Waals surface area contributed by atoms with Gasteiger partial charge in [0.15, 0.2) is 13.2 Å². The molecule has 0 aliphatic heterocycles. The summed E-state index contributed by atoms with van der Waals surface area (Å²) in [4.78, 5) is 11.3. The molecular formula is C72H113BN2O5. The van der Waals surface area contributed by atoms with Crippen LogP contribution in [0.4, 0.5) is 0 Å². The van der Waals surface area contributed by atoms with Gasteiger partial charge in [-0.2, -0.15) is 0 Å². The van der Waals surface area contributed by atoms with Gasteiger partial charge in [-0.3, -0.25) is 9.68 Å². The monoisotopic (exact) mass is 1100 g/mol. The Morgan fingerprint density at radius 1 is 0.338 bits per heavy atom. The van der Waals surface area contributed by atoms with E-state index < -0.39 is 7.32 Å². The maximum atomic E-state index is 10.7. The molecule has 3 aromatic carbocycles. The van der Waals surface area contributed by atoms with Gasteiger partial charge >= 0.3 is 0 Å². The zero-order valence-corrected chi connectivity index (χ0v) is 51.4. The van der Waals surface area contributed by atoms with Crippen LogP contribution in [0.25, 0.3) is 0 Å². The van der Waals surface area contributed by atoms with Crippen LogP contribution >= 0.6 is 0 Å². The lowest BCUT2D eigenvalue weighted by Gasteiger charge is -2.37. The smallest absolute Gasteiger partial charge is 0.234 e. The maximum Gasteiger partial charge on any atom is 0.234 e. The molecule has 0 fully saturated rings. The first-order chi connectivity index (χ1) is 39.5. The third-order valence-corrected chi connectivity index (χ3v) is 15.7. The molecule has 0 radical (unpaired) electrons. The van der Waals surface area contributed by atoms with E-state index in [1.165, 1.54) is 234 Å². The molecule has 0 aliphatic carbocycles. The summed E-state index contributed by atoms with van der Waals surface area (Å²) in [5, 5.41) is 21.4. The Labute approximate surface area is 490 Å². The van der Waals surface area contributed by atoms with Crippen LogP contribution in [0.5, 0.6) is 0 Å². The first kappa shape index (κ1) is 69.8. The van der Waals surface area contributed by atoms with Crippen molar-refractivity contribution in [1.82, 2.24) is 0 Å². The van der Waals surface area contributed by atoms with Crippen LogP contribution in [0.15, 0.2) is 140 Å². The number of hydrogen-bond donors (Lipinski definition) is 0. The fourth-order valence-corrected chi connectivity index (χ4v) is 11.2. The van der Waals surface area contributed by atoms with Gasteiger partial charge in [-0.1, -0.05) is 297 Å². The van der Waals surface area contributed by atoms with Crippen LogP contribution < -0.4 is 29.2 Å². The Morgan fingerprint density at radius 3 is 0.887 bits per heavy atom. The van der Waals surface area contributed by atoms with Crippen molar-refractivity contribution in [2.45, 2.75) is 264 Å². The van der Waals surface area contributed by atoms with E-state index in [1.54, 1.807) is 0 Å². The molecule has 0 unspecified atom stereocenters. The third kappa shape index (κ3) is 32.2. The van der Waals surface area contributed by atoms with Crippen LogP contribution in [-0.4, -0.2) is 27.1 Å². The Bertz CT molecular complexity index is 1930. The number of hydrogen-bond acceptors (Lipinski definition) is 5. The van der Waals surface area contributed by atoms with Crippen molar-refractivity contribution in [1.29, 1.82) is 0 Å². The normalized spacial score (nSPS) is 11.1. The predicted molar refractivity (Wildman–Crippen MR) is 334 cm³/mol. The first-order valence-corrected chi connectivity index (χ1v) is 32.9. The van der Waals surface area contributed by atoms with E-state index in [1.807, 2.05) is 102 Å². The van der Waals surface area contributed by atoms with Crippen molar-refractivity contribution in [3.8, 4) is 0 Å². The molecule has 0 aliphatic rings. The summed E-state index contributed by atoms with van der Waals surface area (Å²) in [7, 11) is -2.23. The van der Waals surface area contributed by atoms with E-state index >= 15 is 0 Å². The second kappa shape index (κ2) is 49.1. The zero-order valence-electron chi connectivity index (χ0n) is 51.4. The Morgan fingerprint density at radius 2 is 0.613 bits per heavy atom. The Balaban J connectivity index is 0.000000315. The Hall–Kier alpha value is -4.50. The molecule has 5 aromatic rings. The molecule has 0 atom stereocenters. The van der Waals surface area contributed by atoms with Gasteiger partial charge in [0.1, 0.15) is 0 Å². The lowest BCUT2D eigenvalue weighted by Crippen LogP contribution is -2.48. The van der Waals surface area contributed by atoms with Crippen LogP contribution in [0.3, 0.4) is 0 Å². The minimum atomic E-state index is -2.23. The highest BCUT2D eigenvalue weighted by atomic mass is 16.7. The average Bonchev–Trinajstić information content (AvgIpc) is 3.54. The van der Waals surface area contributed by atoms with Crippen molar-refractivity contribution in [3.63, 3.8) is 0 Å². The van der Waals surface area contributed by atoms with Crippen LogP contribution in [0.1, 0.15) is 274 Å². The molecule has 2 heterocycles. The minimum Gasteiger partial charge on any atom is -0.871 e. The van der Waals surface area contributed by atoms with Crippen molar-refractivity contribution in [2.24, 2.45) is 0 Å². The van der Waals surface area contributed by atoms with Gasteiger partial charge < -0.3 is 14.7 Å². The fraction of sp³-hybridized carbons (Fsp3) is 0.611. The molecule has 0 saturated heterocycles. The van der Waals surface area contributed by atoms with E-state index in [-0.39, 0.29) is 12.0 Å². The van der Waals surface area contributed by atoms with Crippen molar-refractivity contribution in [2.75, 3.05) is 19.8 Å². The van der Waals surface area contributed by atoms with Crippen LogP contribution in [0, 0.1) is 0 Å². The largest absolute Gasteiger partial charge is 0.871 e. The van der Waals surface area contributed by atoms with E-state index in [0.29, 0.717) is 6.42 Å². The van der Waals surface area contributed by atoms with Gasteiger partial charge in [-0.15, -0.1) is 0 Å². The van der Waals surface area contributed by atoms with E-state index in [9.17, 15) is 10.0 Å². The number of aryl methyl sites for hydroxylation is 2. The molecule has 444 valence electrons. The highest BCUT2D eigenvalue weighted by Crippen LogP contribution is 2.43. The van der Waals surface area contributed by atoms with Gasteiger partial charge in [-0.25, -0.2) is 0 Å². The Kier molecular flexibility index (Phi) is 42.9. The molecular weight excluding hydrogens is 984 g/mol. The predicted octanol–water partition coefficient (Wildman–Crippen LogP) is 17.0. The molecule has 0 bridgehead atoms. The summed E-state index contributed by atoms with van der Waals surface area (Å²) in [5.41, 5.74) is 5.76. The molecule has 80 heavy (non-hydrogen) atoms. The van der Waals surface area contributed by atoms with Gasteiger partial charge in [0.2, 0.25) is 23.8 Å². The number of unbranched alkanes of at least 4 members (excludes halogenated alkanes) is 30. The quantitative estimate of drug-likeness (QED) is 0.0168. The summed E-state index contributed by atoms with van der Waals surface area (Å²) in [5.74, 6) is 0. The average molecular weight is 1100 g/mol. The maximum absolute atomic E-state index is 10.7.